The molecule has 3 N–H and O–H groups in total. The summed E-state index contributed by atoms with van der Waals surface area (Å²) in [5.74, 6) is -0.143. The van der Waals surface area contributed by atoms with Gasteiger partial charge in [-0.05, 0) is 36.2 Å². The first-order chi connectivity index (χ1) is 9.47. The molecule has 0 spiro atoms. The van der Waals surface area contributed by atoms with E-state index in [1.54, 1.807) is 12.1 Å². The lowest BCUT2D eigenvalue weighted by Gasteiger charge is -2.13. The summed E-state index contributed by atoms with van der Waals surface area (Å²) in [6.07, 6.45) is -2.48. The van der Waals surface area contributed by atoms with Crippen LogP contribution >= 0.6 is 0 Å². The van der Waals surface area contributed by atoms with Crippen molar-refractivity contribution in [3.63, 3.8) is 0 Å². The molecule has 0 aliphatic rings. The Hall–Kier alpha value is -2.24. The highest BCUT2D eigenvalue weighted by Crippen LogP contribution is 2.33. The predicted octanol–water partition coefficient (Wildman–Crippen LogP) is 3.34. The Bertz CT molecular complexity index is 565. The lowest BCUT2D eigenvalue weighted by Crippen LogP contribution is -2.14. The fourth-order valence-electron chi connectivity index (χ4n) is 1.78. The van der Waals surface area contributed by atoms with Crippen molar-refractivity contribution >= 4 is 11.5 Å². The molecule has 2 rings (SSSR count). The highest BCUT2D eigenvalue weighted by molar-refractivity contribution is 5.46. The molecule has 0 atom stereocenters. The number of rotatable bonds is 4. The minimum atomic E-state index is -4.40. The Morgan fingerprint density at radius 1 is 1.10 bits per heavy atom. The van der Waals surface area contributed by atoms with Gasteiger partial charge in [-0.15, -0.1) is 0 Å². The van der Waals surface area contributed by atoms with Crippen LogP contribution in [0.15, 0.2) is 42.6 Å². The number of nitrogens with two attached hydrogens (primary N) is 1. The molecule has 0 bridgehead atoms. The van der Waals surface area contributed by atoms with Crippen LogP contribution in [0.2, 0.25) is 0 Å². The van der Waals surface area contributed by atoms with Gasteiger partial charge in [-0.3, -0.25) is 0 Å². The predicted molar refractivity (Wildman–Crippen MR) is 72.3 cm³/mol. The van der Waals surface area contributed by atoms with Gasteiger partial charge in [0.25, 0.3) is 0 Å². The van der Waals surface area contributed by atoms with Gasteiger partial charge in [0, 0.05) is 18.4 Å². The van der Waals surface area contributed by atoms with Crippen molar-refractivity contribution in [1.29, 1.82) is 0 Å². The van der Waals surface area contributed by atoms with Crippen LogP contribution in [0, 0.1) is 0 Å². The van der Waals surface area contributed by atoms with Gasteiger partial charge in [0.05, 0.1) is 5.56 Å². The second kappa shape index (κ2) is 5.81. The van der Waals surface area contributed by atoms with Crippen molar-refractivity contribution in [3.8, 4) is 0 Å². The molecular weight excluding hydrogens is 267 g/mol. The molecule has 6 heteroatoms. The van der Waals surface area contributed by atoms with Crippen LogP contribution in [0.25, 0.3) is 0 Å². The van der Waals surface area contributed by atoms with Crippen LogP contribution in [0.1, 0.15) is 11.1 Å². The quantitative estimate of drug-likeness (QED) is 0.845. The lowest BCUT2D eigenvalue weighted by atomic mass is 10.1. The van der Waals surface area contributed by atoms with E-state index in [1.165, 1.54) is 12.3 Å². The minimum Gasteiger partial charge on any atom is -0.399 e. The Balaban J connectivity index is 1.99. The third-order valence-corrected chi connectivity index (χ3v) is 2.80. The monoisotopic (exact) mass is 281 g/mol. The number of halogens is 3. The highest BCUT2D eigenvalue weighted by Gasteiger charge is 2.33. The summed E-state index contributed by atoms with van der Waals surface area (Å²) in [6.45, 7) is 0.365. The minimum absolute atomic E-state index is 0.143. The molecule has 0 saturated heterocycles. The van der Waals surface area contributed by atoms with Crippen LogP contribution in [0.5, 0.6) is 0 Å². The molecule has 2 aromatic rings. The van der Waals surface area contributed by atoms with Crippen LogP contribution < -0.4 is 11.1 Å². The first kappa shape index (κ1) is 14.2. The standard InChI is InChI=1S/C14H14F3N3/c15-14(16,17)12-2-1-8-19-13(12)20-9-7-10-3-5-11(18)6-4-10/h1-6,8H,7,9,18H2,(H,19,20). The van der Waals surface area contributed by atoms with Gasteiger partial charge in [-0.25, -0.2) is 4.98 Å². The number of hydrogen-bond donors (Lipinski definition) is 2. The molecule has 106 valence electrons. The molecule has 1 heterocycles. The zero-order valence-corrected chi connectivity index (χ0v) is 10.6. The number of pyridine rings is 1. The van der Waals surface area contributed by atoms with Gasteiger partial charge in [-0.2, -0.15) is 13.2 Å². The highest BCUT2D eigenvalue weighted by atomic mass is 19.4. The average Bonchev–Trinajstić information content (AvgIpc) is 2.40. The fourth-order valence-corrected chi connectivity index (χ4v) is 1.78. The van der Waals surface area contributed by atoms with Crippen LogP contribution in [-0.2, 0) is 12.6 Å². The smallest absolute Gasteiger partial charge is 0.399 e. The zero-order valence-electron chi connectivity index (χ0n) is 10.6. The maximum atomic E-state index is 12.7. The van der Waals surface area contributed by atoms with Gasteiger partial charge in [0.1, 0.15) is 5.82 Å². The van der Waals surface area contributed by atoms with E-state index in [-0.39, 0.29) is 5.82 Å². The largest absolute Gasteiger partial charge is 0.419 e. The first-order valence-corrected chi connectivity index (χ1v) is 6.07. The number of benzene rings is 1. The molecule has 0 aliphatic heterocycles. The van der Waals surface area contributed by atoms with Crippen molar-refractivity contribution in [3.05, 3.63) is 53.7 Å². The second-order valence-electron chi connectivity index (χ2n) is 4.32. The van der Waals surface area contributed by atoms with Crippen LogP contribution in [0.3, 0.4) is 0 Å². The third kappa shape index (κ3) is 3.63. The second-order valence-corrected chi connectivity index (χ2v) is 4.32. The summed E-state index contributed by atoms with van der Waals surface area (Å²) in [4.78, 5) is 3.74. The fraction of sp³-hybridized carbons (Fsp3) is 0.214. The lowest BCUT2D eigenvalue weighted by molar-refractivity contribution is -0.137. The van der Waals surface area contributed by atoms with Crippen molar-refractivity contribution in [2.75, 3.05) is 17.6 Å². The molecule has 0 aliphatic carbocycles. The summed E-state index contributed by atoms with van der Waals surface area (Å²) >= 11 is 0. The Morgan fingerprint density at radius 3 is 2.45 bits per heavy atom. The van der Waals surface area contributed by atoms with Gasteiger partial charge >= 0.3 is 6.18 Å². The molecule has 1 aromatic carbocycles. The Kier molecular flexibility index (Phi) is 4.12. The summed E-state index contributed by atoms with van der Waals surface area (Å²) < 4.78 is 38.2. The molecular formula is C14H14F3N3. The number of anilines is 2. The molecule has 0 saturated carbocycles. The zero-order chi connectivity index (χ0) is 14.6. The van der Waals surface area contributed by atoms with E-state index in [1.807, 2.05) is 12.1 Å². The summed E-state index contributed by atoms with van der Waals surface area (Å²) in [6, 6.07) is 9.50. The van der Waals surface area contributed by atoms with E-state index in [2.05, 4.69) is 10.3 Å². The van der Waals surface area contributed by atoms with Crippen LogP contribution in [0.4, 0.5) is 24.7 Å². The molecule has 0 fully saturated rings. The number of nitrogens with zero attached hydrogens (tertiary/aromatic N) is 1. The topological polar surface area (TPSA) is 50.9 Å². The van der Waals surface area contributed by atoms with Gasteiger partial charge in [0.15, 0.2) is 0 Å². The number of alkyl halides is 3. The van der Waals surface area contributed by atoms with E-state index in [4.69, 9.17) is 5.73 Å². The first-order valence-electron chi connectivity index (χ1n) is 6.07. The van der Waals surface area contributed by atoms with Crippen molar-refractivity contribution in [2.45, 2.75) is 12.6 Å². The molecule has 0 amide bonds. The molecule has 0 radical (unpaired) electrons. The van der Waals surface area contributed by atoms with Gasteiger partial charge in [0.2, 0.25) is 0 Å². The van der Waals surface area contributed by atoms with Gasteiger partial charge in [-0.1, -0.05) is 12.1 Å². The van der Waals surface area contributed by atoms with Crippen molar-refractivity contribution in [2.24, 2.45) is 0 Å². The summed E-state index contributed by atoms with van der Waals surface area (Å²) in [5, 5.41) is 2.72. The summed E-state index contributed by atoms with van der Waals surface area (Å²) in [5.41, 5.74) is 6.47. The van der Waals surface area contributed by atoms with E-state index >= 15 is 0 Å². The molecule has 3 nitrogen and oxygen atoms in total. The number of hydrogen-bond acceptors (Lipinski definition) is 3. The number of nitrogen functional groups attached to an aromatic ring is 1. The maximum Gasteiger partial charge on any atom is 0.419 e. The van der Waals surface area contributed by atoms with Crippen molar-refractivity contribution in [1.82, 2.24) is 4.98 Å². The van der Waals surface area contributed by atoms with E-state index in [0.717, 1.165) is 11.6 Å². The molecule has 0 unspecified atom stereocenters. The summed E-state index contributed by atoms with van der Waals surface area (Å²) in [7, 11) is 0. The average molecular weight is 281 g/mol. The van der Waals surface area contributed by atoms with E-state index < -0.39 is 11.7 Å². The maximum absolute atomic E-state index is 12.7. The normalized spacial score (nSPS) is 11.3. The Morgan fingerprint density at radius 2 is 1.80 bits per heavy atom. The van der Waals surface area contributed by atoms with Gasteiger partial charge < -0.3 is 11.1 Å². The number of nitrogens with one attached hydrogen (secondary N) is 1. The Labute approximate surface area is 114 Å². The molecule has 1 aromatic heterocycles. The van der Waals surface area contributed by atoms with Crippen molar-refractivity contribution < 1.29 is 13.2 Å². The SMILES string of the molecule is Nc1ccc(CCNc2ncccc2C(F)(F)F)cc1. The van der Waals surface area contributed by atoms with E-state index in [0.29, 0.717) is 18.7 Å². The van der Waals surface area contributed by atoms with Crippen LogP contribution in [-0.4, -0.2) is 11.5 Å². The number of aromatic nitrogens is 1. The third-order valence-electron chi connectivity index (χ3n) is 2.80. The molecule has 20 heavy (non-hydrogen) atoms. The van der Waals surface area contributed by atoms with E-state index in [9.17, 15) is 13.2 Å².